The molecule has 1 aliphatic heterocycles. The number of aryl methyl sites for hydroxylation is 1. The van der Waals surface area contributed by atoms with Crippen LogP contribution in [0.5, 0.6) is 5.75 Å². The highest BCUT2D eigenvalue weighted by Crippen LogP contribution is 2.35. The molecule has 0 spiro atoms. The summed E-state index contributed by atoms with van der Waals surface area (Å²) in [7, 11) is 1.42. The van der Waals surface area contributed by atoms with Gasteiger partial charge in [-0.3, -0.25) is 9.59 Å². The van der Waals surface area contributed by atoms with Crippen LogP contribution in [0.25, 0.3) is 0 Å². The third-order valence-electron chi connectivity index (χ3n) is 5.39. The average molecular weight is 460 g/mol. The first-order valence-corrected chi connectivity index (χ1v) is 10.2. The quantitative estimate of drug-likeness (QED) is 0.742. The lowest BCUT2D eigenvalue weighted by molar-refractivity contribution is -0.137. The fourth-order valence-electron chi connectivity index (χ4n) is 3.69. The minimum atomic E-state index is -4.71. The van der Waals surface area contributed by atoms with Crippen LogP contribution in [0.1, 0.15) is 16.7 Å². The first-order chi connectivity index (χ1) is 15.6. The maximum absolute atomic E-state index is 13.4. The molecule has 1 aliphatic rings. The molecule has 0 aromatic heterocycles. The van der Waals surface area contributed by atoms with Crippen molar-refractivity contribution in [3.8, 4) is 11.8 Å². The Morgan fingerprint density at radius 3 is 2.61 bits per heavy atom. The van der Waals surface area contributed by atoms with E-state index in [4.69, 9.17) is 10.00 Å². The number of carbonyl (C=O) groups excluding carboxylic acids is 2. The van der Waals surface area contributed by atoms with E-state index in [1.807, 2.05) is 19.1 Å². The van der Waals surface area contributed by atoms with Crippen LogP contribution >= 0.6 is 0 Å². The van der Waals surface area contributed by atoms with E-state index in [0.717, 1.165) is 17.7 Å². The molecular formula is C23H23F3N4O3. The van der Waals surface area contributed by atoms with E-state index in [2.05, 4.69) is 5.32 Å². The zero-order valence-electron chi connectivity index (χ0n) is 18.1. The van der Waals surface area contributed by atoms with Crippen LogP contribution in [-0.2, 0) is 15.8 Å². The van der Waals surface area contributed by atoms with Crippen molar-refractivity contribution >= 4 is 17.5 Å². The summed E-state index contributed by atoms with van der Waals surface area (Å²) in [6, 6.07) is 11.2. The van der Waals surface area contributed by atoms with Crippen LogP contribution in [0.4, 0.5) is 18.9 Å². The molecule has 7 nitrogen and oxygen atoms in total. The highest BCUT2D eigenvalue weighted by molar-refractivity contribution is 5.87. The molecule has 0 saturated carbocycles. The maximum Gasteiger partial charge on any atom is 0.417 e. The van der Waals surface area contributed by atoms with Crippen molar-refractivity contribution in [3.05, 3.63) is 59.2 Å². The van der Waals surface area contributed by atoms with Gasteiger partial charge in [-0.05, 0) is 42.8 Å². The van der Waals surface area contributed by atoms with Gasteiger partial charge in [0.15, 0.2) is 6.61 Å². The molecule has 1 N–H and O–H groups in total. The molecule has 2 amide bonds. The number of benzene rings is 2. The van der Waals surface area contributed by atoms with Crippen molar-refractivity contribution in [2.45, 2.75) is 19.1 Å². The first-order valence-electron chi connectivity index (χ1n) is 10.2. The summed E-state index contributed by atoms with van der Waals surface area (Å²) in [6.07, 6.45) is -4.71. The highest BCUT2D eigenvalue weighted by atomic mass is 19.4. The van der Waals surface area contributed by atoms with Gasteiger partial charge in [-0.2, -0.15) is 18.4 Å². The van der Waals surface area contributed by atoms with Crippen molar-refractivity contribution < 1.29 is 27.5 Å². The summed E-state index contributed by atoms with van der Waals surface area (Å²) < 4.78 is 45.8. The SMILES string of the molecule is CNC(=O)C1CN(C(=O)COc2cccc(C)c2)CCN1c1ccc(C#N)c(C(F)(F)F)c1. The van der Waals surface area contributed by atoms with Crippen LogP contribution in [0.15, 0.2) is 42.5 Å². The number of hydrogen-bond acceptors (Lipinski definition) is 5. The zero-order chi connectivity index (χ0) is 24.2. The molecule has 2 aromatic carbocycles. The first kappa shape index (κ1) is 23.9. The Bertz CT molecular complexity index is 1080. The van der Waals surface area contributed by atoms with Crippen molar-refractivity contribution in [1.29, 1.82) is 5.26 Å². The molecule has 0 bridgehead atoms. The van der Waals surface area contributed by atoms with Crippen LogP contribution in [-0.4, -0.2) is 56.0 Å². The van der Waals surface area contributed by atoms with Crippen molar-refractivity contribution in [2.24, 2.45) is 0 Å². The van der Waals surface area contributed by atoms with E-state index in [-0.39, 0.29) is 37.8 Å². The fourth-order valence-corrected chi connectivity index (χ4v) is 3.69. The van der Waals surface area contributed by atoms with Gasteiger partial charge in [-0.1, -0.05) is 12.1 Å². The summed E-state index contributed by atoms with van der Waals surface area (Å²) >= 11 is 0. The number of nitrogens with one attached hydrogen (secondary N) is 1. The number of alkyl halides is 3. The minimum absolute atomic E-state index is 0.0168. The summed E-state index contributed by atoms with van der Waals surface area (Å²) in [6.45, 7) is 1.99. The van der Waals surface area contributed by atoms with Crippen LogP contribution < -0.4 is 15.0 Å². The Morgan fingerprint density at radius 1 is 1.21 bits per heavy atom. The standard InChI is InChI=1S/C23H23F3N4O3/c1-15-4-3-5-18(10-15)33-14-21(31)29-8-9-30(20(13-29)22(32)28-2)17-7-6-16(12-27)19(11-17)23(24,25)26/h3-7,10-11,20H,8-9,13-14H2,1-2H3,(H,28,32). The molecule has 1 unspecified atom stereocenters. The average Bonchev–Trinajstić information content (AvgIpc) is 2.80. The third-order valence-corrected chi connectivity index (χ3v) is 5.39. The van der Waals surface area contributed by atoms with Crippen molar-refractivity contribution in [2.75, 3.05) is 38.2 Å². The summed E-state index contributed by atoms with van der Waals surface area (Å²) in [4.78, 5) is 28.2. The van der Waals surface area contributed by atoms with Gasteiger partial charge in [0.25, 0.3) is 5.91 Å². The van der Waals surface area contributed by atoms with Crippen molar-refractivity contribution in [1.82, 2.24) is 10.2 Å². The van der Waals surface area contributed by atoms with Gasteiger partial charge in [-0.15, -0.1) is 0 Å². The number of anilines is 1. The van der Waals surface area contributed by atoms with E-state index in [1.165, 1.54) is 22.9 Å². The minimum Gasteiger partial charge on any atom is -0.484 e. The number of piperazine rings is 1. The predicted octanol–water partition coefficient (Wildman–Crippen LogP) is 2.73. The Kier molecular flexibility index (Phi) is 7.11. The lowest BCUT2D eigenvalue weighted by atomic mass is 10.0. The Morgan fingerprint density at radius 2 is 1.97 bits per heavy atom. The number of carbonyl (C=O) groups is 2. The molecule has 10 heteroatoms. The van der Waals surface area contributed by atoms with Gasteiger partial charge < -0.3 is 19.9 Å². The number of halogens is 3. The smallest absolute Gasteiger partial charge is 0.417 e. The third kappa shape index (κ3) is 5.55. The Labute approximate surface area is 189 Å². The number of ether oxygens (including phenoxy) is 1. The van der Waals surface area contributed by atoms with Gasteiger partial charge >= 0.3 is 6.18 Å². The molecule has 3 rings (SSSR count). The van der Waals surface area contributed by atoms with E-state index in [9.17, 15) is 22.8 Å². The van der Waals surface area contributed by atoms with E-state index < -0.39 is 29.3 Å². The molecule has 0 aliphatic carbocycles. The topological polar surface area (TPSA) is 85.7 Å². The maximum atomic E-state index is 13.4. The fraction of sp³-hybridized carbons (Fsp3) is 0.348. The molecule has 1 heterocycles. The normalized spacial score (nSPS) is 16.2. The highest BCUT2D eigenvalue weighted by Gasteiger charge is 2.37. The second-order valence-electron chi connectivity index (χ2n) is 7.61. The molecular weight excluding hydrogens is 437 g/mol. The Balaban J connectivity index is 1.78. The molecule has 1 atom stereocenters. The van der Waals surface area contributed by atoms with Gasteiger partial charge in [-0.25, -0.2) is 0 Å². The molecule has 1 fully saturated rings. The number of likely N-dealkylation sites (N-methyl/N-ethyl adjacent to an activating group) is 1. The van der Waals surface area contributed by atoms with E-state index in [1.54, 1.807) is 18.2 Å². The molecule has 33 heavy (non-hydrogen) atoms. The molecule has 0 radical (unpaired) electrons. The van der Waals surface area contributed by atoms with Gasteiger partial charge in [0.2, 0.25) is 5.91 Å². The van der Waals surface area contributed by atoms with Crippen LogP contribution in [0.3, 0.4) is 0 Å². The lowest BCUT2D eigenvalue weighted by Crippen LogP contribution is -2.60. The van der Waals surface area contributed by atoms with Crippen LogP contribution in [0.2, 0.25) is 0 Å². The number of hydrogen-bond donors (Lipinski definition) is 1. The number of amides is 2. The molecule has 2 aromatic rings. The second-order valence-corrected chi connectivity index (χ2v) is 7.61. The van der Waals surface area contributed by atoms with Gasteiger partial charge in [0, 0.05) is 25.8 Å². The summed E-state index contributed by atoms with van der Waals surface area (Å²) in [5.41, 5.74) is -0.431. The Hall–Kier alpha value is -3.74. The summed E-state index contributed by atoms with van der Waals surface area (Å²) in [5, 5.41) is 11.5. The largest absolute Gasteiger partial charge is 0.484 e. The lowest BCUT2D eigenvalue weighted by Gasteiger charge is -2.41. The van der Waals surface area contributed by atoms with E-state index >= 15 is 0 Å². The summed E-state index contributed by atoms with van der Waals surface area (Å²) in [5.74, 6) is -0.229. The number of nitrogens with zero attached hydrogens (tertiary/aromatic N) is 3. The zero-order valence-corrected chi connectivity index (χ0v) is 18.1. The van der Waals surface area contributed by atoms with E-state index in [0.29, 0.717) is 5.75 Å². The predicted molar refractivity (Wildman–Crippen MR) is 115 cm³/mol. The number of rotatable bonds is 5. The van der Waals surface area contributed by atoms with Crippen LogP contribution in [0, 0.1) is 18.3 Å². The second kappa shape index (κ2) is 9.81. The van der Waals surface area contributed by atoms with Gasteiger partial charge in [0.1, 0.15) is 11.8 Å². The monoisotopic (exact) mass is 460 g/mol. The van der Waals surface area contributed by atoms with Crippen molar-refractivity contribution in [3.63, 3.8) is 0 Å². The molecule has 174 valence electrons. The molecule has 1 saturated heterocycles. The number of nitriles is 1. The van der Waals surface area contributed by atoms with Gasteiger partial charge in [0.05, 0.1) is 23.7 Å².